The van der Waals surface area contributed by atoms with E-state index < -0.39 is 5.63 Å². The van der Waals surface area contributed by atoms with Gasteiger partial charge in [-0.2, -0.15) is 5.10 Å². The number of aromatic nitrogens is 2. The summed E-state index contributed by atoms with van der Waals surface area (Å²) >= 11 is 0. The number of fused-ring (bicyclic) bond motifs is 1. The van der Waals surface area contributed by atoms with E-state index in [0.29, 0.717) is 28.6 Å². The van der Waals surface area contributed by atoms with Gasteiger partial charge >= 0.3 is 5.63 Å². The van der Waals surface area contributed by atoms with Gasteiger partial charge in [-0.25, -0.2) is 9.48 Å². The van der Waals surface area contributed by atoms with Crippen LogP contribution in [0.4, 0.5) is 5.82 Å². The van der Waals surface area contributed by atoms with Crippen LogP contribution in [-0.2, 0) is 4.79 Å². The van der Waals surface area contributed by atoms with Crippen molar-refractivity contribution in [1.82, 2.24) is 9.78 Å². The Hall–Kier alpha value is -4.85. The Morgan fingerprint density at radius 3 is 2.58 bits per heavy atom. The minimum absolute atomic E-state index is 0.244. The molecule has 180 valence electrons. The molecule has 0 saturated heterocycles. The molecule has 0 saturated carbocycles. The van der Waals surface area contributed by atoms with Gasteiger partial charge in [0.1, 0.15) is 22.9 Å². The zero-order chi connectivity index (χ0) is 25.1. The number of amides is 1. The normalized spacial score (nSPS) is 10.8. The summed E-state index contributed by atoms with van der Waals surface area (Å²) in [6.07, 6.45) is 0. The second kappa shape index (κ2) is 9.79. The fourth-order valence-corrected chi connectivity index (χ4v) is 3.80. The molecule has 1 amide bonds. The van der Waals surface area contributed by atoms with Crippen molar-refractivity contribution < 1.29 is 18.7 Å². The van der Waals surface area contributed by atoms with Gasteiger partial charge in [0.2, 0.25) is 0 Å². The predicted octanol–water partition coefficient (Wildman–Crippen LogP) is 4.98. The topological polar surface area (TPSA) is 95.6 Å². The van der Waals surface area contributed by atoms with Crippen LogP contribution < -0.4 is 20.4 Å². The maximum absolute atomic E-state index is 12.8. The Morgan fingerprint density at radius 2 is 1.78 bits per heavy atom. The fourth-order valence-electron chi connectivity index (χ4n) is 3.80. The molecule has 2 aromatic heterocycles. The van der Waals surface area contributed by atoms with Gasteiger partial charge in [-0.05, 0) is 49.4 Å². The van der Waals surface area contributed by atoms with Gasteiger partial charge in [0.25, 0.3) is 5.91 Å². The van der Waals surface area contributed by atoms with E-state index in [1.165, 1.54) is 6.07 Å². The van der Waals surface area contributed by atoms with E-state index in [4.69, 9.17) is 19.0 Å². The van der Waals surface area contributed by atoms with Gasteiger partial charge in [0, 0.05) is 29.1 Å². The number of anilines is 1. The van der Waals surface area contributed by atoms with Gasteiger partial charge in [0.05, 0.1) is 18.5 Å². The number of para-hydroxylation sites is 1. The van der Waals surface area contributed by atoms with Gasteiger partial charge in [-0.3, -0.25) is 4.79 Å². The number of nitrogens with one attached hydrogen (secondary N) is 1. The first kappa shape index (κ1) is 22.9. The highest BCUT2D eigenvalue weighted by molar-refractivity contribution is 5.92. The van der Waals surface area contributed by atoms with Crippen molar-refractivity contribution in [3.63, 3.8) is 0 Å². The highest BCUT2D eigenvalue weighted by Crippen LogP contribution is 2.31. The molecule has 0 atom stereocenters. The Kier molecular flexibility index (Phi) is 6.23. The second-order valence-electron chi connectivity index (χ2n) is 8.15. The molecule has 0 aliphatic heterocycles. The summed E-state index contributed by atoms with van der Waals surface area (Å²) in [6, 6.07) is 25.3. The number of ether oxygens (including phenoxy) is 2. The number of rotatable bonds is 7. The van der Waals surface area contributed by atoms with E-state index in [9.17, 15) is 9.59 Å². The monoisotopic (exact) mass is 481 g/mol. The first-order valence-corrected chi connectivity index (χ1v) is 11.3. The molecule has 8 nitrogen and oxygen atoms in total. The van der Waals surface area contributed by atoms with Crippen molar-refractivity contribution in [2.75, 3.05) is 19.0 Å². The van der Waals surface area contributed by atoms with Crippen LogP contribution in [0.1, 0.15) is 5.56 Å². The minimum Gasteiger partial charge on any atom is -0.496 e. The number of nitrogens with zero attached hydrogens (tertiary/aromatic N) is 2. The van der Waals surface area contributed by atoms with Gasteiger partial charge in [-0.15, -0.1) is 0 Å². The predicted molar refractivity (Wildman–Crippen MR) is 137 cm³/mol. The van der Waals surface area contributed by atoms with Gasteiger partial charge < -0.3 is 19.2 Å². The molecule has 0 radical (unpaired) electrons. The van der Waals surface area contributed by atoms with E-state index in [1.807, 2.05) is 55.5 Å². The Labute approximate surface area is 206 Å². The number of hydrogen-bond acceptors (Lipinski definition) is 6. The van der Waals surface area contributed by atoms with Crippen molar-refractivity contribution in [1.29, 1.82) is 0 Å². The maximum Gasteiger partial charge on any atom is 0.336 e. The van der Waals surface area contributed by atoms with Crippen LogP contribution in [0.2, 0.25) is 0 Å². The van der Waals surface area contributed by atoms with E-state index in [2.05, 4.69) is 5.32 Å². The molecule has 8 heteroatoms. The second-order valence-corrected chi connectivity index (χ2v) is 8.15. The van der Waals surface area contributed by atoms with E-state index in [0.717, 1.165) is 22.2 Å². The summed E-state index contributed by atoms with van der Waals surface area (Å²) in [5.41, 5.74) is 3.29. The molecule has 1 N–H and O–H groups in total. The van der Waals surface area contributed by atoms with Crippen LogP contribution in [0.5, 0.6) is 11.5 Å². The van der Waals surface area contributed by atoms with Crippen molar-refractivity contribution in [2.45, 2.75) is 6.92 Å². The molecular weight excluding hydrogens is 458 g/mol. The quantitative estimate of drug-likeness (QED) is 0.330. The molecule has 0 aliphatic rings. The van der Waals surface area contributed by atoms with Gasteiger partial charge in [-0.1, -0.05) is 29.8 Å². The largest absolute Gasteiger partial charge is 0.496 e. The molecule has 5 aromatic rings. The first-order chi connectivity index (χ1) is 17.5. The summed E-state index contributed by atoms with van der Waals surface area (Å²) in [4.78, 5) is 24.3. The highest BCUT2D eigenvalue weighted by Gasteiger charge is 2.16. The Bertz CT molecular complexity index is 1600. The van der Waals surface area contributed by atoms with Crippen LogP contribution >= 0.6 is 0 Å². The SMILES string of the molecule is COc1ccccc1-c1cc(NC(=O)COc2ccc3ccc(=O)oc3c2)n(-c2ccc(C)cc2)n1. The standard InChI is InChI=1S/C28H23N3O5/c1-18-7-11-20(12-8-18)31-26(16-23(30-31)22-5-3-4-6-24(22)34-2)29-27(32)17-35-21-13-9-19-10-14-28(33)36-25(19)15-21/h3-16H,17H2,1-2H3,(H,29,32). The zero-order valence-corrected chi connectivity index (χ0v) is 19.7. The first-order valence-electron chi connectivity index (χ1n) is 11.3. The molecule has 0 unspecified atom stereocenters. The molecule has 0 spiro atoms. The lowest BCUT2D eigenvalue weighted by atomic mass is 10.1. The van der Waals surface area contributed by atoms with Crippen LogP contribution in [-0.4, -0.2) is 29.4 Å². The smallest absolute Gasteiger partial charge is 0.336 e. The lowest BCUT2D eigenvalue weighted by Crippen LogP contribution is -2.21. The molecule has 3 aromatic carbocycles. The molecule has 0 aliphatic carbocycles. The molecule has 36 heavy (non-hydrogen) atoms. The van der Waals surface area contributed by atoms with Crippen LogP contribution in [0.3, 0.4) is 0 Å². The van der Waals surface area contributed by atoms with Crippen molar-refractivity contribution in [3.8, 4) is 28.4 Å². The molecular formula is C28H23N3O5. The molecule has 0 fully saturated rings. The average molecular weight is 482 g/mol. The van der Waals surface area contributed by atoms with Crippen LogP contribution in [0.25, 0.3) is 27.9 Å². The number of benzene rings is 3. The third-order valence-corrected chi connectivity index (χ3v) is 5.60. The molecule has 2 heterocycles. The number of carbonyl (C=O) groups excluding carboxylic acids is 1. The Balaban J connectivity index is 1.40. The van der Waals surface area contributed by atoms with Crippen LogP contribution in [0.15, 0.2) is 94.1 Å². The lowest BCUT2D eigenvalue weighted by Gasteiger charge is -2.10. The van der Waals surface area contributed by atoms with Crippen LogP contribution in [0, 0.1) is 6.92 Å². The summed E-state index contributed by atoms with van der Waals surface area (Å²) < 4.78 is 18.0. The lowest BCUT2D eigenvalue weighted by molar-refractivity contribution is -0.118. The third-order valence-electron chi connectivity index (χ3n) is 5.60. The van der Waals surface area contributed by atoms with Crippen molar-refractivity contribution in [3.05, 3.63) is 101 Å². The van der Waals surface area contributed by atoms with E-state index >= 15 is 0 Å². The maximum atomic E-state index is 12.8. The minimum atomic E-state index is -0.451. The number of aryl methyl sites for hydroxylation is 1. The zero-order valence-electron chi connectivity index (χ0n) is 19.7. The van der Waals surface area contributed by atoms with E-state index in [-0.39, 0.29) is 12.5 Å². The summed E-state index contributed by atoms with van der Waals surface area (Å²) in [5, 5.41) is 8.39. The van der Waals surface area contributed by atoms with Crippen molar-refractivity contribution >= 4 is 22.7 Å². The number of methoxy groups -OCH3 is 1. The fraction of sp³-hybridized carbons (Fsp3) is 0.107. The average Bonchev–Trinajstić information content (AvgIpc) is 3.31. The highest BCUT2D eigenvalue weighted by atomic mass is 16.5. The van der Waals surface area contributed by atoms with Gasteiger partial charge in [0.15, 0.2) is 6.61 Å². The Morgan fingerprint density at radius 1 is 1.00 bits per heavy atom. The third kappa shape index (κ3) is 4.83. The summed E-state index contributed by atoms with van der Waals surface area (Å²) in [6.45, 7) is 1.76. The van der Waals surface area contributed by atoms with Crippen molar-refractivity contribution in [2.24, 2.45) is 0 Å². The van der Waals surface area contributed by atoms with E-state index in [1.54, 1.807) is 42.1 Å². The number of carbonyl (C=O) groups is 1. The molecule has 0 bridgehead atoms. The number of hydrogen-bond donors (Lipinski definition) is 1. The summed E-state index contributed by atoms with van der Waals surface area (Å²) in [5.74, 6) is 1.20. The molecule has 5 rings (SSSR count). The summed E-state index contributed by atoms with van der Waals surface area (Å²) in [7, 11) is 1.60.